The van der Waals surface area contributed by atoms with E-state index in [2.05, 4.69) is 17.0 Å². The number of methoxy groups -OCH3 is 1. The average molecular weight is 357 g/mol. The summed E-state index contributed by atoms with van der Waals surface area (Å²) in [6.45, 7) is 3.06. The molecule has 0 aromatic heterocycles. The van der Waals surface area contributed by atoms with Crippen LogP contribution in [0.5, 0.6) is 0 Å². The molecule has 0 bridgehead atoms. The lowest BCUT2D eigenvalue weighted by Crippen LogP contribution is -2.45. The summed E-state index contributed by atoms with van der Waals surface area (Å²) < 4.78 is 4.57. The molecule has 4 nitrogen and oxygen atoms in total. The molecule has 25 heavy (non-hydrogen) atoms. The second-order valence-corrected chi connectivity index (χ2v) is 7.26. The Hall–Kier alpha value is -0.610. The average Bonchev–Trinajstić information content (AvgIpc) is 2.63. The van der Waals surface area contributed by atoms with E-state index in [1.807, 2.05) is 0 Å². The number of hydrogen-bond acceptors (Lipinski definition) is 4. The minimum absolute atomic E-state index is 0.392. The van der Waals surface area contributed by atoms with Crippen molar-refractivity contribution in [1.82, 2.24) is 5.32 Å². The van der Waals surface area contributed by atoms with Gasteiger partial charge in [0, 0.05) is 0 Å². The number of nitrogens with two attached hydrogens (primary N) is 1. The van der Waals surface area contributed by atoms with Crippen LogP contribution < -0.4 is 11.1 Å². The SMILES string of the molecule is CCCCCCCCCCCCCCCCCCNC(N)C(=O)OC. The maximum Gasteiger partial charge on any atom is 0.337 e. The van der Waals surface area contributed by atoms with Gasteiger partial charge in [-0.25, -0.2) is 4.79 Å². The van der Waals surface area contributed by atoms with Gasteiger partial charge in [-0.3, -0.25) is 5.32 Å². The van der Waals surface area contributed by atoms with Gasteiger partial charge in [0.15, 0.2) is 6.17 Å². The molecule has 0 aliphatic carbocycles. The lowest BCUT2D eigenvalue weighted by molar-refractivity contribution is -0.143. The molecule has 0 saturated carbocycles. The first-order valence-corrected chi connectivity index (χ1v) is 10.8. The van der Waals surface area contributed by atoms with Crippen LogP contribution in [0.25, 0.3) is 0 Å². The molecular weight excluding hydrogens is 312 g/mol. The zero-order valence-electron chi connectivity index (χ0n) is 17.0. The number of carbonyl (C=O) groups excluding carboxylic acids is 1. The number of esters is 1. The second kappa shape index (κ2) is 19.7. The van der Waals surface area contributed by atoms with E-state index in [1.165, 1.54) is 103 Å². The van der Waals surface area contributed by atoms with Gasteiger partial charge in [-0.2, -0.15) is 0 Å². The molecule has 1 unspecified atom stereocenters. The van der Waals surface area contributed by atoms with Crippen molar-refractivity contribution < 1.29 is 9.53 Å². The third kappa shape index (κ3) is 18.0. The number of hydrogen-bond donors (Lipinski definition) is 2. The van der Waals surface area contributed by atoms with Gasteiger partial charge >= 0.3 is 5.97 Å². The zero-order chi connectivity index (χ0) is 18.6. The molecule has 150 valence electrons. The lowest BCUT2D eigenvalue weighted by atomic mass is 10.0. The minimum Gasteiger partial charge on any atom is -0.467 e. The van der Waals surface area contributed by atoms with E-state index in [0.29, 0.717) is 0 Å². The maximum atomic E-state index is 11.1. The van der Waals surface area contributed by atoms with E-state index < -0.39 is 12.1 Å². The van der Waals surface area contributed by atoms with E-state index in [4.69, 9.17) is 5.73 Å². The fourth-order valence-electron chi connectivity index (χ4n) is 3.14. The lowest BCUT2D eigenvalue weighted by Gasteiger charge is -2.10. The van der Waals surface area contributed by atoms with Gasteiger partial charge in [0.25, 0.3) is 0 Å². The molecule has 0 saturated heterocycles. The summed E-state index contributed by atoms with van der Waals surface area (Å²) in [6.07, 6.45) is 21.2. The molecular formula is C21H44N2O2. The van der Waals surface area contributed by atoms with Crippen molar-refractivity contribution in [3.63, 3.8) is 0 Å². The third-order valence-corrected chi connectivity index (χ3v) is 4.85. The molecule has 0 amide bonds. The minimum atomic E-state index is -0.679. The first-order valence-electron chi connectivity index (χ1n) is 10.8. The van der Waals surface area contributed by atoms with Gasteiger partial charge in [0.2, 0.25) is 0 Å². The van der Waals surface area contributed by atoms with Gasteiger partial charge in [0.05, 0.1) is 7.11 Å². The molecule has 4 heteroatoms. The van der Waals surface area contributed by atoms with Crippen LogP contribution in [0.15, 0.2) is 0 Å². The van der Waals surface area contributed by atoms with Crippen molar-refractivity contribution in [3.8, 4) is 0 Å². The molecule has 0 aromatic carbocycles. The van der Waals surface area contributed by atoms with Crippen LogP contribution in [0.2, 0.25) is 0 Å². The summed E-state index contributed by atoms with van der Waals surface area (Å²) >= 11 is 0. The summed E-state index contributed by atoms with van der Waals surface area (Å²) in [5, 5.41) is 2.99. The Balaban J connectivity index is 3.08. The summed E-state index contributed by atoms with van der Waals surface area (Å²) in [5.74, 6) is -0.392. The van der Waals surface area contributed by atoms with Gasteiger partial charge in [-0.05, 0) is 13.0 Å². The Bertz CT molecular complexity index is 285. The smallest absolute Gasteiger partial charge is 0.337 e. The van der Waals surface area contributed by atoms with E-state index in [1.54, 1.807) is 0 Å². The van der Waals surface area contributed by atoms with Gasteiger partial charge in [-0.15, -0.1) is 0 Å². The molecule has 0 spiro atoms. The summed E-state index contributed by atoms with van der Waals surface area (Å²) in [7, 11) is 1.36. The Morgan fingerprint density at radius 3 is 1.48 bits per heavy atom. The summed E-state index contributed by atoms with van der Waals surface area (Å²) in [5.41, 5.74) is 5.61. The maximum absolute atomic E-state index is 11.1. The Morgan fingerprint density at radius 2 is 1.12 bits per heavy atom. The van der Waals surface area contributed by atoms with Crippen LogP contribution in [-0.2, 0) is 9.53 Å². The highest BCUT2D eigenvalue weighted by Crippen LogP contribution is 2.13. The van der Waals surface area contributed by atoms with Crippen LogP contribution in [-0.4, -0.2) is 25.8 Å². The predicted molar refractivity (Wildman–Crippen MR) is 108 cm³/mol. The van der Waals surface area contributed by atoms with Gasteiger partial charge in [-0.1, -0.05) is 103 Å². The molecule has 0 aliphatic rings. The predicted octanol–water partition coefficient (Wildman–Crippen LogP) is 5.30. The highest BCUT2D eigenvalue weighted by Gasteiger charge is 2.11. The standard InChI is InChI=1S/C21H44N2O2/c1-3-4-5-6-7-8-9-10-11-12-13-14-15-16-17-18-19-23-20(22)21(24)25-2/h20,23H,3-19,22H2,1-2H3. The molecule has 0 rings (SSSR count). The fraction of sp³-hybridized carbons (Fsp3) is 0.952. The monoisotopic (exact) mass is 356 g/mol. The number of unbranched alkanes of at least 4 members (excludes halogenated alkanes) is 15. The van der Waals surface area contributed by atoms with Crippen molar-refractivity contribution in [2.75, 3.05) is 13.7 Å². The van der Waals surface area contributed by atoms with E-state index >= 15 is 0 Å². The van der Waals surface area contributed by atoms with E-state index in [-0.39, 0.29) is 0 Å². The number of carbonyl (C=O) groups is 1. The van der Waals surface area contributed by atoms with Gasteiger partial charge in [0.1, 0.15) is 0 Å². The van der Waals surface area contributed by atoms with Crippen molar-refractivity contribution in [2.45, 2.75) is 116 Å². The summed E-state index contributed by atoms with van der Waals surface area (Å²) in [6, 6.07) is 0. The quantitative estimate of drug-likeness (QED) is 0.187. The molecule has 0 heterocycles. The Labute approximate surface area is 156 Å². The van der Waals surface area contributed by atoms with E-state index in [0.717, 1.165) is 13.0 Å². The Kier molecular flexibility index (Phi) is 19.2. The first kappa shape index (κ1) is 24.4. The molecule has 1 atom stereocenters. The van der Waals surface area contributed by atoms with Crippen LogP contribution >= 0.6 is 0 Å². The second-order valence-electron chi connectivity index (χ2n) is 7.26. The largest absolute Gasteiger partial charge is 0.467 e. The normalized spacial score (nSPS) is 12.3. The zero-order valence-corrected chi connectivity index (χ0v) is 17.0. The Morgan fingerprint density at radius 1 is 0.760 bits per heavy atom. The first-order chi connectivity index (χ1) is 12.2. The van der Waals surface area contributed by atoms with Crippen molar-refractivity contribution in [3.05, 3.63) is 0 Å². The highest BCUT2D eigenvalue weighted by atomic mass is 16.5. The molecule has 0 fully saturated rings. The van der Waals surface area contributed by atoms with Crippen LogP contribution in [0.3, 0.4) is 0 Å². The van der Waals surface area contributed by atoms with Crippen molar-refractivity contribution in [1.29, 1.82) is 0 Å². The molecule has 3 N–H and O–H groups in total. The van der Waals surface area contributed by atoms with Crippen LogP contribution in [0.4, 0.5) is 0 Å². The van der Waals surface area contributed by atoms with Gasteiger partial charge < -0.3 is 10.5 Å². The third-order valence-electron chi connectivity index (χ3n) is 4.85. The molecule has 0 radical (unpaired) electrons. The number of nitrogens with one attached hydrogen (secondary N) is 1. The number of ether oxygens (including phenoxy) is 1. The fourth-order valence-corrected chi connectivity index (χ4v) is 3.14. The van der Waals surface area contributed by atoms with Crippen molar-refractivity contribution in [2.24, 2.45) is 5.73 Å². The topological polar surface area (TPSA) is 64.3 Å². The summed E-state index contributed by atoms with van der Waals surface area (Å²) in [4.78, 5) is 11.1. The molecule has 0 aromatic rings. The highest BCUT2D eigenvalue weighted by molar-refractivity contribution is 5.74. The van der Waals surface area contributed by atoms with Crippen LogP contribution in [0.1, 0.15) is 110 Å². The van der Waals surface area contributed by atoms with Crippen LogP contribution in [0, 0.1) is 0 Å². The number of rotatable bonds is 19. The van der Waals surface area contributed by atoms with Crippen molar-refractivity contribution >= 4 is 5.97 Å². The van der Waals surface area contributed by atoms with E-state index in [9.17, 15) is 4.79 Å². The molecule has 0 aliphatic heterocycles.